The molecule has 0 atom stereocenters. The molecule has 1 aliphatic carbocycles. The van der Waals surface area contributed by atoms with Crippen molar-refractivity contribution in [1.82, 2.24) is 15.1 Å². The lowest BCUT2D eigenvalue weighted by atomic mass is 9.97. The molecule has 23 heavy (non-hydrogen) atoms. The average Bonchev–Trinajstić information content (AvgIpc) is 2.55. The Balaban J connectivity index is 1.62. The number of carbonyl (C=O) groups excluding carboxylic acids is 1. The number of carbonyl (C=O) groups is 1. The van der Waals surface area contributed by atoms with E-state index in [0.717, 1.165) is 36.9 Å². The number of nitrogens with one attached hydrogen (secondary N) is 1. The number of hydrogen-bond donors (Lipinski definition) is 1. The molecule has 0 saturated carbocycles. The van der Waals surface area contributed by atoms with Gasteiger partial charge >= 0.3 is 0 Å². The molecule has 1 N–H and O–H groups in total. The van der Waals surface area contributed by atoms with Gasteiger partial charge in [0.25, 0.3) is 11.5 Å². The van der Waals surface area contributed by atoms with E-state index in [9.17, 15) is 14.0 Å². The van der Waals surface area contributed by atoms with E-state index in [1.807, 2.05) is 0 Å². The van der Waals surface area contributed by atoms with Gasteiger partial charge in [-0.05, 0) is 49.4 Å². The van der Waals surface area contributed by atoms with Crippen LogP contribution in [0.1, 0.15) is 34.5 Å². The van der Waals surface area contributed by atoms with Crippen LogP contribution in [0, 0.1) is 5.82 Å². The van der Waals surface area contributed by atoms with E-state index >= 15 is 0 Å². The molecule has 2 aromatic rings. The number of aryl methyl sites for hydroxylation is 2. The highest BCUT2D eigenvalue weighted by molar-refractivity contribution is 5.94. The zero-order valence-electron chi connectivity index (χ0n) is 12.7. The SMILES string of the molecule is O=C(NCCn1nc2c(cc1=O)CCCC2)c1cccc(F)c1. The topological polar surface area (TPSA) is 64.0 Å². The Morgan fingerprint density at radius 3 is 2.91 bits per heavy atom. The molecule has 3 rings (SSSR count). The second kappa shape index (κ2) is 6.73. The summed E-state index contributed by atoms with van der Waals surface area (Å²) in [6.45, 7) is 0.564. The molecule has 0 bridgehead atoms. The van der Waals surface area contributed by atoms with Gasteiger partial charge in [-0.1, -0.05) is 6.07 Å². The van der Waals surface area contributed by atoms with Crippen molar-refractivity contribution in [3.05, 3.63) is 63.3 Å². The largest absolute Gasteiger partial charge is 0.350 e. The van der Waals surface area contributed by atoms with Crippen molar-refractivity contribution >= 4 is 5.91 Å². The lowest BCUT2D eigenvalue weighted by Gasteiger charge is -2.16. The summed E-state index contributed by atoms with van der Waals surface area (Å²) in [5.74, 6) is -0.819. The van der Waals surface area contributed by atoms with Crippen LogP contribution in [0.25, 0.3) is 0 Å². The molecule has 5 nitrogen and oxygen atoms in total. The second-order valence-corrected chi connectivity index (χ2v) is 5.65. The third kappa shape index (κ3) is 3.64. The summed E-state index contributed by atoms with van der Waals surface area (Å²) < 4.78 is 14.5. The Morgan fingerprint density at radius 2 is 2.09 bits per heavy atom. The molecule has 0 unspecified atom stereocenters. The quantitative estimate of drug-likeness (QED) is 0.934. The fourth-order valence-corrected chi connectivity index (χ4v) is 2.77. The number of nitrogens with zero attached hydrogens (tertiary/aromatic N) is 2. The summed E-state index contributed by atoms with van der Waals surface area (Å²) in [4.78, 5) is 23.9. The summed E-state index contributed by atoms with van der Waals surface area (Å²) in [6, 6.07) is 7.14. The molecular formula is C17H18FN3O2. The highest BCUT2D eigenvalue weighted by Crippen LogP contribution is 2.16. The van der Waals surface area contributed by atoms with Crippen LogP contribution in [0.4, 0.5) is 4.39 Å². The number of hydrogen-bond acceptors (Lipinski definition) is 3. The van der Waals surface area contributed by atoms with E-state index in [1.54, 1.807) is 12.1 Å². The molecule has 120 valence electrons. The maximum atomic E-state index is 13.1. The number of halogens is 1. The Labute approximate surface area is 133 Å². The van der Waals surface area contributed by atoms with Crippen LogP contribution in [0.5, 0.6) is 0 Å². The van der Waals surface area contributed by atoms with E-state index in [2.05, 4.69) is 10.4 Å². The Bertz CT molecular complexity index is 786. The number of aromatic nitrogens is 2. The average molecular weight is 315 g/mol. The second-order valence-electron chi connectivity index (χ2n) is 5.65. The first kappa shape index (κ1) is 15.4. The van der Waals surface area contributed by atoms with Crippen LogP contribution in [-0.2, 0) is 19.4 Å². The first-order valence-electron chi connectivity index (χ1n) is 7.77. The number of fused-ring (bicyclic) bond motifs is 1. The van der Waals surface area contributed by atoms with E-state index in [0.29, 0.717) is 6.54 Å². The first-order chi connectivity index (χ1) is 11.1. The molecule has 1 aromatic carbocycles. The summed E-state index contributed by atoms with van der Waals surface area (Å²) in [6.07, 6.45) is 4.00. The minimum Gasteiger partial charge on any atom is -0.350 e. The predicted octanol–water partition coefficient (Wildman–Crippen LogP) is 1.69. The van der Waals surface area contributed by atoms with Gasteiger partial charge in [0.1, 0.15) is 5.82 Å². The standard InChI is InChI=1S/C17H18FN3O2/c18-14-6-3-5-13(10-14)17(23)19-8-9-21-16(22)11-12-4-1-2-7-15(12)20-21/h3,5-6,10-11H,1-2,4,7-9H2,(H,19,23). The highest BCUT2D eigenvalue weighted by Gasteiger charge is 2.13. The third-order valence-electron chi connectivity index (χ3n) is 3.97. The molecule has 1 amide bonds. The fraction of sp³-hybridized carbons (Fsp3) is 0.353. The summed E-state index contributed by atoms with van der Waals surface area (Å²) in [7, 11) is 0. The van der Waals surface area contributed by atoms with Crippen molar-refractivity contribution in [2.45, 2.75) is 32.2 Å². The predicted molar refractivity (Wildman–Crippen MR) is 83.9 cm³/mol. The summed E-state index contributed by atoms with van der Waals surface area (Å²) in [5.41, 5.74) is 2.13. The van der Waals surface area contributed by atoms with Gasteiger partial charge in [0, 0.05) is 18.2 Å². The van der Waals surface area contributed by atoms with Crippen molar-refractivity contribution in [2.24, 2.45) is 0 Å². The zero-order chi connectivity index (χ0) is 16.2. The van der Waals surface area contributed by atoms with Crippen molar-refractivity contribution in [1.29, 1.82) is 0 Å². The van der Waals surface area contributed by atoms with Crippen LogP contribution in [0.3, 0.4) is 0 Å². The van der Waals surface area contributed by atoms with Crippen molar-refractivity contribution in [3.63, 3.8) is 0 Å². The molecular weight excluding hydrogens is 297 g/mol. The number of amides is 1. The third-order valence-corrected chi connectivity index (χ3v) is 3.97. The van der Waals surface area contributed by atoms with Crippen molar-refractivity contribution in [3.8, 4) is 0 Å². The van der Waals surface area contributed by atoms with Crippen molar-refractivity contribution < 1.29 is 9.18 Å². The lowest BCUT2D eigenvalue weighted by molar-refractivity contribution is 0.0951. The number of benzene rings is 1. The van der Waals surface area contributed by atoms with E-state index in [-0.39, 0.29) is 23.6 Å². The van der Waals surface area contributed by atoms with Crippen molar-refractivity contribution in [2.75, 3.05) is 6.54 Å². The molecule has 1 heterocycles. The smallest absolute Gasteiger partial charge is 0.267 e. The van der Waals surface area contributed by atoms with E-state index in [4.69, 9.17) is 0 Å². The van der Waals surface area contributed by atoms with Gasteiger partial charge in [-0.25, -0.2) is 9.07 Å². The molecule has 1 aromatic heterocycles. The van der Waals surface area contributed by atoms with Gasteiger partial charge in [-0.15, -0.1) is 0 Å². The maximum absolute atomic E-state index is 13.1. The first-order valence-corrected chi connectivity index (χ1v) is 7.77. The van der Waals surface area contributed by atoms with E-state index in [1.165, 1.54) is 22.9 Å². The molecule has 0 aliphatic heterocycles. The van der Waals surface area contributed by atoms with Crippen LogP contribution in [-0.4, -0.2) is 22.2 Å². The van der Waals surface area contributed by atoms with E-state index < -0.39 is 5.82 Å². The van der Waals surface area contributed by atoms with Gasteiger partial charge in [0.15, 0.2) is 0 Å². The highest BCUT2D eigenvalue weighted by atomic mass is 19.1. The van der Waals surface area contributed by atoms with Gasteiger partial charge in [0.05, 0.1) is 12.2 Å². The number of rotatable bonds is 4. The summed E-state index contributed by atoms with van der Waals surface area (Å²) in [5, 5.41) is 7.07. The zero-order valence-corrected chi connectivity index (χ0v) is 12.7. The van der Waals surface area contributed by atoms with Gasteiger partial charge < -0.3 is 5.32 Å². The molecule has 0 saturated heterocycles. The summed E-state index contributed by atoms with van der Waals surface area (Å²) >= 11 is 0. The van der Waals surface area contributed by atoms with Crippen LogP contribution < -0.4 is 10.9 Å². The van der Waals surface area contributed by atoms with Gasteiger partial charge in [-0.2, -0.15) is 5.10 Å². The minimum absolute atomic E-state index is 0.148. The molecule has 1 aliphatic rings. The molecule has 0 spiro atoms. The Morgan fingerprint density at radius 1 is 1.26 bits per heavy atom. The minimum atomic E-state index is -0.453. The molecule has 0 fully saturated rings. The fourth-order valence-electron chi connectivity index (χ4n) is 2.77. The van der Waals surface area contributed by atoms with Crippen LogP contribution in [0.15, 0.2) is 35.1 Å². The van der Waals surface area contributed by atoms with Crippen LogP contribution >= 0.6 is 0 Å². The molecule has 0 radical (unpaired) electrons. The lowest BCUT2D eigenvalue weighted by Crippen LogP contribution is -2.33. The Kier molecular flexibility index (Phi) is 4.50. The van der Waals surface area contributed by atoms with Crippen LogP contribution in [0.2, 0.25) is 0 Å². The van der Waals surface area contributed by atoms with Gasteiger partial charge in [0.2, 0.25) is 0 Å². The van der Waals surface area contributed by atoms with Gasteiger partial charge in [-0.3, -0.25) is 9.59 Å². The Hall–Kier alpha value is -2.50. The normalized spacial score (nSPS) is 13.4. The molecule has 6 heteroatoms. The maximum Gasteiger partial charge on any atom is 0.267 e. The monoisotopic (exact) mass is 315 g/mol.